The summed E-state index contributed by atoms with van der Waals surface area (Å²) in [5.41, 5.74) is 0. The first-order valence-corrected chi connectivity index (χ1v) is 4.01. The Morgan fingerprint density at radius 3 is 2.67 bits per heavy atom. The first kappa shape index (κ1) is 8.94. The van der Waals surface area contributed by atoms with E-state index in [0.717, 1.165) is 0 Å². The summed E-state index contributed by atoms with van der Waals surface area (Å²) < 4.78 is 5.02. The van der Waals surface area contributed by atoms with Crippen LogP contribution in [0.4, 0.5) is 0 Å². The fourth-order valence-electron chi connectivity index (χ4n) is 0.864. The van der Waals surface area contributed by atoms with Gasteiger partial charge in [-0.1, -0.05) is 13.8 Å². The topological polar surface area (TPSA) is 65.6 Å². The highest BCUT2D eigenvalue weighted by atomic mass is 32.1. The predicted octanol–water partition coefficient (Wildman–Crippen LogP) is 2.00. The average Bonchev–Trinajstić information content (AvgIpc) is 2.37. The lowest BCUT2D eigenvalue weighted by atomic mass is 9.98. The van der Waals surface area contributed by atoms with Crippen LogP contribution in [0.1, 0.15) is 25.7 Å². The quantitative estimate of drug-likeness (QED) is 0.712. The molecule has 0 amide bonds. The number of aromatic amines is 1. The molecule has 0 aromatic carbocycles. The molecule has 12 heavy (non-hydrogen) atoms. The normalized spacial score (nSPS) is 12.8. The lowest BCUT2D eigenvalue weighted by Crippen LogP contribution is -2.04. The summed E-state index contributed by atoms with van der Waals surface area (Å²) in [6.07, 6.45) is 0. The van der Waals surface area contributed by atoms with Gasteiger partial charge in [0.25, 0.3) is 4.84 Å². The summed E-state index contributed by atoms with van der Waals surface area (Å²) in [5, 5.41) is 15.0. The molecule has 1 heterocycles. The first-order valence-electron chi connectivity index (χ1n) is 3.60. The highest BCUT2D eigenvalue weighted by molar-refractivity contribution is 7.71. The zero-order valence-corrected chi connectivity index (χ0v) is 7.68. The molecule has 5 heteroatoms. The number of nitrogens with zero attached hydrogens (tertiary/aromatic N) is 2. The first-order chi connectivity index (χ1) is 5.65. The Hall–Kier alpha value is -1.15. The molecule has 0 radical (unpaired) electrons. The van der Waals surface area contributed by atoms with Crippen molar-refractivity contribution in [3.63, 3.8) is 0 Å². The van der Waals surface area contributed by atoms with E-state index in [2.05, 4.69) is 16.3 Å². The molecule has 1 atom stereocenters. The maximum absolute atomic E-state index is 8.76. The van der Waals surface area contributed by atoms with E-state index in [9.17, 15) is 0 Å². The van der Waals surface area contributed by atoms with Crippen molar-refractivity contribution in [1.82, 2.24) is 10.2 Å². The third kappa shape index (κ3) is 1.71. The van der Waals surface area contributed by atoms with Gasteiger partial charge in [0.15, 0.2) is 0 Å². The molecule has 0 fully saturated rings. The molecule has 1 rings (SSSR count). The van der Waals surface area contributed by atoms with Crippen molar-refractivity contribution in [3.05, 3.63) is 10.7 Å². The lowest BCUT2D eigenvalue weighted by molar-refractivity contribution is 0.421. The molecule has 1 aromatic rings. The van der Waals surface area contributed by atoms with Crippen molar-refractivity contribution in [3.8, 4) is 6.07 Å². The van der Waals surface area contributed by atoms with Gasteiger partial charge >= 0.3 is 0 Å². The molecule has 1 unspecified atom stereocenters. The van der Waals surface area contributed by atoms with Crippen LogP contribution in [-0.2, 0) is 0 Å². The van der Waals surface area contributed by atoms with Crippen molar-refractivity contribution < 1.29 is 4.42 Å². The molecule has 0 saturated carbocycles. The molecule has 0 aliphatic rings. The monoisotopic (exact) mass is 183 g/mol. The van der Waals surface area contributed by atoms with Crippen LogP contribution in [0.2, 0.25) is 0 Å². The van der Waals surface area contributed by atoms with Crippen molar-refractivity contribution in [2.24, 2.45) is 5.92 Å². The Bertz CT molecular complexity index is 346. The lowest BCUT2D eigenvalue weighted by Gasteiger charge is -2.06. The second kappa shape index (κ2) is 3.50. The molecular formula is C7H9N3OS. The van der Waals surface area contributed by atoms with E-state index in [1.807, 2.05) is 13.8 Å². The molecule has 1 aromatic heterocycles. The van der Waals surface area contributed by atoms with Crippen LogP contribution >= 0.6 is 12.2 Å². The Balaban J connectivity index is 2.97. The number of hydrogen-bond acceptors (Lipinski definition) is 4. The van der Waals surface area contributed by atoms with E-state index in [-0.39, 0.29) is 16.7 Å². The smallest absolute Gasteiger partial charge is 0.284 e. The van der Waals surface area contributed by atoms with E-state index in [1.54, 1.807) is 0 Å². The Morgan fingerprint density at radius 2 is 2.33 bits per heavy atom. The van der Waals surface area contributed by atoms with Crippen LogP contribution in [0.25, 0.3) is 0 Å². The zero-order chi connectivity index (χ0) is 9.14. The van der Waals surface area contributed by atoms with Gasteiger partial charge in [-0.05, 0) is 18.1 Å². The Morgan fingerprint density at radius 1 is 1.67 bits per heavy atom. The molecule has 1 N–H and O–H groups in total. The van der Waals surface area contributed by atoms with Crippen LogP contribution in [0, 0.1) is 22.1 Å². The van der Waals surface area contributed by atoms with E-state index in [0.29, 0.717) is 5.89 Å². The van der Waals surface area contributed by atoms with Crippen LogP contribution in [-0.4, -0.2) is 10.2 Å². The van der Waals surface area contributed by atoms with Crippen molar-refractivity contribution in [1.29, 1.82) is 5.26 Å². The number of H-pyrrole nitrogens is 1. The van der Waals surface area contributed by atoms with Crippen molar-refractivity contribution >= 4 is 12.2 Å². The minimum atomic E-state index is -0.321. The van der Waals surface area contributed by atoms with Crippen LogP contribution in [0.15, 0.2) is 4.42 Å². The molecule has 4 nitrogen and oxygen atoms in total. The summed E-state index contributed by atoms with van der Waals surface area (Å²) in [6.45, 7) is 3.86. The van der Waals surface area contributed by atoms with Crippen molar-refractivity contribution in [2.75, 3.05) is 0 Å². The minimum Gasteiger partial charge on any atom is -0.413 e. The van der Waals surface area contributed by atoms with Gasteiger partial charge < -0.3 is 4.42 Å². The van der Waals surface area contributed by atoms with Gasteiger partial charge in [-0.25, -0.2) is 5.10 Å². The van der Waals surface area contributed by atoms with Gasteiger partial charge in [-0.3, -0.25) is 0 Å². The van der Waals surface area contributed by atoms with E-state index in [4.69, 9.17) is 21.9 Å². The van der Waals surface area contributed by atoms with Crippen LogP contribution < -0.4 is 0 Å². The SMILES string of the molecule is CC(C)C(C#N)c1n[nH]c(=S)o1. The largest absolute Gasteiger partial charge is 0.413 e. The number of aromatic nitrogens is 2. The van der Waals surface area contributed by atoms with Crippen LogP contribution in [0.3, 0.4) is 0 Å². The highest BCUT2D eigenvalue weighted by Crippen LogP contribution is 2.20. The highest BCUT2D eigenvalue weighted by Gasteiger charge is 2.19. The van der Waals surface area contributed by atoms with Gasteiger partial charge in [0, 0.05) is 0 Å². The molecule has 0 spiro atoms. The second-order valence-electron chi connectivity index (χ2n) is 2.80. The van der Waals surface area contributed by atoms with Gasteiger partial charge in [-0.2, -0.15) is 5.26 Å². The van der Waals surface area contributed by atoms with Gasteiger partial charge in [0.2, 0.25) is 5.89 Å². The predicted molar refractivity (Wildman–Crippen MR) is 44.9 cm³/mol. The van der Waals surface area contributed by atoms with E-state index in [1.165, 1.54) is 0 Å². The maximum Gasteiger partial charge on any atom is 0.284 e. The summed E-state index contributed by atoms with van der Waals surface area (Å²) in [7, 11) is 0. The summed E-state index contributed by atoms with van der Waals surface area (Å²) >= 11 is 4.69. The Labute approximate surface area is 75.2 Å². The Kier molecular flexibility index (Phi) is 2.61. The number of nitrogens with one attached hydrogen (secondary N) is 1. The number of nitriles is 1. The standard InChI is InChI=1S/C7H9N3OS/c1-4(2)5(3-8)6-9-10-7(12)11-6/h4-5H,1-2H3,(H,10,12). The molecular weight excluding hydrogens is 174 g/mol. The zero-order valence-electron chi connectivity index (χ0n) is 6.87. The molecule has 0 aliphatic heterocycles. The maximum atomic E-state index is 8.76. The fraction of sp³-hybridized carbons (Fsp3) is 0.571. The molecule has 0 aliphatic carbocycles. The molecule has 0 saturated heterocycles. The number of hydrogen-bond donors (Lipinski definition) is 1. The van der Waals surface area contributed by atoms with Crippen molar-refractivity contribution in [2.45, 2.75) is 19.8 Å². The van der Waals surface area contributed by atoms with Gasteiger partial charge in [0.1, 0.15) is 5.92 Å². The van der Waals surface area contributed by atoms with E-state index >= 15 is 0 Å². The fourth-order valence-corrected chi connectivity index (χ4v) is 0.995. The minimum absolute atomic E-state index is 0.177. The summed E-state index contributed by atoms with van der Waals surface area (Å²) in [4.78, 5) is 0.214. The summed E-state index contributed by atoms with van der Waals surface area (Å²) in [6, 6.07) is 2.11. The average molecular weight is 183 g/mol. The van der Waals surface area contributed by atoms with E-state index < -0.39 is 0 Å². The van der Waals surface area contributed by atoms with Crippen LogP contribution in [0.5, 0.6) is 0 Å². The number of rotatable bonds is 2. The van der Waals surface area contributed by atoms with Gasteiger partial charge in [0.05, 0.1) is 6.07 Å². The third-order valence-electron chi connectivity index (χ3n) is 1.53. The van der Waals surface area contributed by atoms with Gasteiger partial charge in [-0.15, -0.1) is 5.10 Å². The third-order valence-corrected chi connectivity index (χ3v) is 1.70. The summed E-state index contributed by atoms with van der Waals surface area (Å²) in [5.74, 6) is 0.229. The second-order valence-corrected chi connectivity index (χ2v) is 3.17. The molecule has 0 bridgehead atoms. The molecule has 64 valence electrons.